The van der Waals surface area contributed by atoms with E-state index in [1.807, 2.05) is 6.92 Å². The number of hydrogen-bond donors (Lipinski definition) is 1. The fraction of sp³-hybridized carbons (Fsp3) is 0.458. The number of benzene rings is 1. The third-order valence-electron chi connectivity index (χ3n) is 6.49. The van der Waals surface area contributed by atoms with Crippen LogP contribution in [0.2, 0.25) is 0 Å². The van der Waals surface area contributed by atoms with E-state index < -0.39 is 21.9 Å². The van der Waals surface area contributed by atoms with E-state index in [4.69, 9.17) is 4.74 Å². The largest absolute Gasteiger partial charge is 0.465 e. The normalized spacial score (nSPS) is 18.6. The van der Waals surface area contributed by atoms with Gasteiger partial charge in [0.1, 0.15) is 5.00 Å². The molecule has 188 valence electrons. The predicted octanol–water partition coefficient (Wildman–Crippen LogP) is 3.11. The van der Waals surface area contributed by atoms with E-state index in [1.165, 1.54) is 53.9 Å². The van der Waals surface area contributed by atoms with Gasteiger partial charge in [-0.05, 0) is 55.0 Å². The highest BCUT2D eigenvalue weighted by molar-refractivity contribution is 7.89. The maximum absolute atomic E-state index is 13.0. The van der Waals surface area contributed by atoms with E-state index in [0.717, 1.165) is 23.3 Å². The Bertz CT molecular complexity index is 1250. The van der Waals surface area contributed by atoms with Gasteiger partial charge in [0.05, 0.1) is 24.1 Å². The number of fused-ring (bicyclic) bond motifs is 1. The summed E-state index contributed by atoms with van der Waals surface area (Å²) < 4.78 is 32.4. The molecular weight excluding hydrogens is 490 g/mol. The van der Waals surface area contributed by atoms with Crippen molar-refractivity contribution in [2.75, 3.05) is 32.1 Å². The Morgan fingerprint density at radius 1 is 1.14 bits per heavy atom. The van der Waals surface area contributed by atoms with Gasteiger partial charge in [-0.15, -0.1) is 11.3 Å². The Hall–Kier alpha value is -2.76. The van der Waals surface area contributed by atoms with Crippen LogP contribution in [0.25, 0.3) is 0 Å². The molecule has 2 amide bonds. The van der Waals surface area contributed by atoms with Gasteiger partial charge >= 0.3 is 5.97 Å². The summed E-state index contributed by atoms with van der Waals surface area (Å²) >= 11 is 1.25. The molecule has 1 aromatic heterocycles. The summed E-state index contributed by atoms with van der Waals surface area (Å²) in [5.41, 5.74) is 1.36. The number of carbonyl (C=O) groups excluding carboxylic acids is 3. The molecule has 1 N–H and O–H groups in total. The number of anilines is 1. The molecule has 0 bridgehead atoms. The Morgan fingerprint density at radius 2 is 1.86 bits per heavy atom. The van der Waals surface area contributed by atoms with Crippen molar-refractivity contribution < 1.29 is 27.5 Å². The third-order valence-corrected chi connectivity index (χ3v) is 9.50. The standard InChI is InChI=1S/C24H29N3O6S2/c1-15-5-4-11-27(13-15)35(31,32)18-8-6-17(7-9-18)22(29)25-23-21(24(30)33-3)19-10-12-26(16(2)28)14-20(19)34-23/h6-9,15H,4-5,10-14H2,1-3H3,(H,25,29). The summed E-state index contributed by atoms with van der Waals surface area (Å²) in [6.45, 7) is 5.38. The van der Waals surface area contributed by atoms with Gasteiger partial charge in [0.2, 0.25) is 15.9 Å². The highest BCUT2D eigenvalue weighted by atomic mass is 32.2. The van der Waals surface area contributed by atoms with Crippen molar-refractivity contribution in [3.8, 4) is 0 Å². The Labute approximate surface area is 209 Å². The van der Waals surface area contributed by atoms with E-state index in [1.54, 1.807) is 4.90 Å². The minimum absolute atomic E-state index is 0.0525. The first-order valence-corrected chi connectivity index (χ1v) is 13.8. The zero-order valence-electron chi connectivity index (χ0n) is 20.0. The molecule has 0 spiro atoms. The SMILES string of the molecule is COC(=O)c1c(NC(=O)c2ccc(S(=O)(=O)N3CCCC(C)C3)cc2)sc2c1CCN(C(C)=O)C2. The molecule has 35 heavy (non-hydrogen) atoms. The number of sulfonamides is 1. The zero-order chi connectivity index (χ0) is 25.3. The molecule has 2 aromatic rings. The summed E-state index contributed by atoms with van der Waals surface area (Å²) in [6.07, 6.45) is 2.34. The number of nitrogens with one attached hydrogen (secondary N) is 1. The first-order valence-electron chi connectivity index (χ1n) is 11.5. The Balaban J connectivity index is 1.55. The van der Waals surface area contributed by atoms with Crippen molar-refractivity contribution in [1.82, 2.24) is 9.21 Å². The molecule has 2 aliphatic heterocycles. The van der Waals surface area contributed by atoms with Crippen molar-refractivity contribution in [2.45, 2.75) is 44.6 Å². The van der Waals surface area contributed by atoms with E-state index in [0.29, 0.717) is 49.1 Å². The van der Waals surface area contributed by atoms with Crippen LogP contribution in [0.15, 0.2) is 29.2 Å². The van der Waals surface area contributed by atoms with Crippen molar-refractivity contribution in [3.05, 3.63) is 45.8 Å². The van der Waals surface area contributed by atoms with E-state index in [9.17, 15) is 22.8 Å². The lowest BCUT2D eigenvalue weighted by Gasteiger charge is -2.30. The molecule has 2 aliphatic rings. The van der Waals surface area contributed by atoms with Gasteiger partial charge in [-0.25, -0.2) is 13.2 Å². The van der Waals surface area contributed by atoms with Gasteiger partial charge in [-0.3, -0.25) is 9.59 Å². The van der Waals surface area contributed by atoms with Crippen LogP contribution >= 0.6 is 11.3 Å². The highest BCUT2D eigenvalue weighted by Gasteiger charge is 2.31. The second-order valence-corrected chi connectivity index (χ2v) is 12.0. The molecule has 1 aromatic carbocycles. The lowest BCUT2D eigenvalue weighted by atomic mass is 10.0. The lowest BCUT2D eigenvalue weighted by Crippen LogP contribution is -2.39. The number of piperidine rings is 1. The molecule has 0 saturated carbocycles. The molecule has 1 saturated heterocycles. The number of hydrogen-bond acceptors (Lipinski definition) is 7. The second kappa shape index (κ2) is 10.1. The molecule has 1 atom stereocenters. The monoisotopic (exact) mass is 519 g/mol. The van der Waals surface area contributed by atoms with Crippen molar-refractivity contribution >= 4 is 44.1 Å². The molecule has 0 aliphatic carbocycles. The molecule has 11 heteroatoms. The van der Waals surface area contributed by atoms with Crippen LogP contribution < -0.4 is 5.32 Å². The maximum atomic E-state index is 13.0. The molecule has 9 nitrogen and oxygen atoms in total. The van der Waals surface area contributed by atoms with Gasteiger partial charge in [0.15, 0.2) is 0 Å². The van der Waals surface area contributed by atoms with Gasteiger partial charge in [-0.2, -0.15) is 4.31 Å². The van der Waals surface area contributed by atoms with Gasteiger partial charge < -0.3 is 15.0 Å². The van der Waals surface area contributed by atoms with Crippen LogP contribution in [0, 0.1) is 5.92 Å². The van der Waals surface area contributed by atoms with Crippen LogP contribution in [0.4, 0.5) is 5.00 Å². The number of methoxy groups -OCH3 is 1. The van der Waals surface area contributed by atoms with Crippen molar-refractivity contribution in [3.63, 3.8) is 0 Å². The smallest absolute Gasteiger partial charge is 0.341 e. The quantitative estimate of drug-likeness (QED) is 0.608. The molecule has 1 fully saturated rings. The minimum Gasteiger partial charge on any atom is -0.465 e. The summed E-state index contributed by atoms with van der Waals surface area (Å²) in [5.74, 6) is -0.756. The summed E-state index contributed by atoms with van der Waals surface area (Å²) in [5, 5.41) is 3.14. The number of esters is 1. The highest BCUT2D eigenvalue weighted by Crippen LogP contribution is 2.38. The number of rotatable bonds is 5. The summed E-state index contributed by atoms with van der Waals surface area (Å²) in [7, 11) is -2.34. The van der Waals surface area contributed by atoms with Crippen LogP contribution in [-0.4, -0.2) is 62.2 Å². The fourth-order valence-electron chi connectivity index (χ4n) is 4.55. The second-order valence-electron chi connectivity index (χ2n) is 8.98. The third kappa shape index (κ3) is 5.12. The van der Waals surface area contributed by atoms with Crippen LogP contribution in [-0.2, 0) is 32.5 Å². The molecule has 0 radical (unpaired) electrons. The van der Waals surface area contributed by atoms with Crippen LogP contribution in [0.5, 0.6) is 0 Å². The van der Waals surface area contributed by atoms with Gasteiger partial charge in [0.25, 0.3) is 5.91 Å². The number of ether oxygens (including phenoxy) is 1. The topological polar surface area (TPSA) is 113 Å². The fourth-order valence-corrected chi connectivity index (χ4v) is 7.39. The summed E-state index contributed by atoms with van der Waals surface area (Å²) in [4.78, 5) is 40.0. The van der Waals surface area contributed by atoms with E-state index in [-0.39, 0.29) is 16.4 Å². The van der Waals surface area contributed by atoms with Crippen molar-refractivity contribution in [2.24, 2.45) is 5.92 Å². The number of nitrogens with zero attached hydrogens (tertiary/aromatic N) is 2. The number of amides is 2. The van der Waals surface area contributed by atoms with Gasteiger partial charge in [-0.1, -0.05) is 6.92 Å². The Kier molecular flexibility index (Phi) is 7.30. The Morgan fingerprint density at radius 3 is 2.49 bits per heavy atom. The van der Waals surface area contributed by atoms with Crippen LogP contribution in [0.1, 0.15) is 57.8 Å². The number of carbonyl (C=O) groups is 3. The summed E-state index contributed by atoms with van der Waals surface area (Å²) in [6, 6.07) is 5.82. The number of thiophene rings is 1. The minimum atomic E-state index is -3.62. The molecule has 1 unspecified atom stereocenters. The maximum Gasteiger partial charge on any atom is 0.341 e. The first-order chi connectivity index (χ1) is 16.6. The molecule has 3 heterocycles. The van der Waals surface area contributed by atoms with E-state index in [2.05, 4.69) is 5.32 Å². The van der Waals surface area contributed by atoms with Crippen LogP contribution in [0.3, 0.4) is 0 Å². The predicted molar refractivity (Wildman–Crippen MR) is 132 cm³/mol. The van der Waals surface area contributed by atoms with Gasteiger partial charge in [0, 0.05) is 37.0 Å². The van der Waals surface area contributed by atoms with Crippen molar-refractivity contribution in [1.29, 1.82) is 0 Å². The van der Waals surface area contributed by atoms with E-state index >= 15 is 0 Å². The average Bonchev–Trinajstić information content (AvgIpc) is 3.20. The molecule has 4 rings (SSSR count). The lowest BCUT2D eigenvalue weighted by molar-refractivity contribution is -0.129. The average molecular weight is 520 g/mol. The molecular formula is C24H29N3O6S2. The first kappa shape index (κ1) is 25.3. The zero-order valence-corrected chi connectivity index (χ0v) is 21.6.